The van der Waals surface area contributed by atoms with E-state index in [1.54, 1.807) is 0 Å². The van der Waals surface area contributed by atoms with E-state index in [9.17, 15) is 5.11 Å². The lowest BCUT2D eigenvalue weighted by Crippen LogP contribution is -2.34. The van der Waals surface area contributed by atoms with Crippen LogP contribution in [0.1, 0.15) is 32.3 Å². The summed E-state index contributed by atoms with van der Waals surface area (Å²) in [4.78, 5) is 2.40. The highest BCUT2D eigenvalue weighted by molar-refractivity contribution is 6.31. The van der Waals surface area contributed by atoms with Crippen LogP contribution in [0.5, 0.6) is 0 Å². The number of benzene rings is 1. The fraction of sp³-hybridized carbons (Fsp3) is 0.571. The van der Waals surface area contributed by atoms with Crippen LogP contribution in [0.3, 0.4) is 0 Å². The fourth-order valence-electron chi connectivity index (χ4n) is 2.76. The highest BCUT2D eigenvalue weighted by Gasteiger charge is 2.28. The van der Waals surface area contributed by atoms with Crippen LogP contribution in [-0.4, -0.2) is 17.7 Å². The number of nitrogens with zero attached hydrogens (tertiary/aromatic N) is 1. The van der Waals surface area contributed by atoms with E-state index in [2.05, 4.69) is 24.8 Å². The molecule has 1 aromatic rings. The van der Waals surface area contributed by atoms with Crippen molar-refractivity contribution in [2.45, 2.75) is 39.3 Å². The van der Waals surface area contributed by atoms with E-state index >= 15 is 0 Å². The average molecular weight is 254 g/mol. The standard InChI is InChI=1S/C14H20ClNO/c1-10(2)13-7-4-8-16(13)14-6-3-5-12(15)11(14)9-17/h3,5-6,10,13,17H,4,7-9H2,1-2H3. The van der Waals surface area contributed by atoms with E-state index in [1.165, 1.54) is 12.8 Å². The van der Waals surface area contributed by atoms with Crippen LogP contribution in [0.25, 0.3) is 0 Å². The Bertz CT molecular complexity index is 392. The van der Waals surface area contributed by atoms with E-state index in [1.807, 2.05) is 12.1 Å². The Balaban J connectivity index is 2.36. The summed E-state index contributed by atoms with van der Waals surface area (Å²) in [5, 5.41) is 10.1. The maximum absolute atomic E-state index is 9.47. The molecule has 2 rings (SSSR count). The first-order valence-electron chi connectivity index (χ1n) is 6.30. The van der Waals surface area contributed by atoms with Gasteiger partial charge < -0.3 is 10.0 Å². The minimum Gasteiger partial charge on any atom is -0.392 e. The monoisotopic (exact) mass is 253 g/mol. The number of rotatable bonds is 3. The topological polar surface area (TPSA) is 23.5 Å². The van der Waals surface area contributed by atoms with Gasteiger partial charge in [-0.3, -0.25) is 0 Å². The molecule has 0 spiro atoms. The number of halogens is 1. The predicted molar refractivity (Wildman–Crippen MR) is 72.6 cm³/mol. The molecule has 0 aliphatic carbocycles. The van der Waals surface area contributed by atoms with E-state index < -0.39 is 0 Å². The number of aliphatic hydroxyl groups is 1. The van der Waals surface area contributed by atoms with Gasteiger partial charge in [0.25, 0.3) is 0 Å². The summed E-state index contributed by atoms with van der Waals surface area (Å²) < 4.78 is 0. The molecule has 0 amide bonds. The van der Waals surface area contributed by atoms with Gasteiger partial charge in [0.1, 0.15) is 0 Å². The van der Waals surface area contributed by atoms with Crippen molar-refractivity contribution in [2.24, 2.45) is 5.92 Å². The van der Waals surface area contributed by atoms with Crippen LogP contribution >= 0.6 is 11.6 Å². The van der Waals surface area contributed by atoms with Crippen molar-refractivity contribution in [1.82, 2.24) is 0 Å². The first-order valence-corrected chi connectivity index (χ1v) is 6.68. The second-order valence-electron chi connectivity index (χ2n) is 5.04. The highest BCUT2D eigenvalue weighted by atomic mass is 35.5. The van der Waals surface area contributed by atoms with Crippen LogP contribution in [0.2, 0.25) is 5.02 Å². The summed E-state index contributed by atoms with van der Waals surface area (Å²) in [6.07, 6.45) is 2.45. The quantitative estimate of drug-likeness (QED) is 0.892. The molecule has 0 saturated carbocycles. The first-order chi connectivity index (χ1) is 8.15. The molecule has 1 fully saturated rings. The van der Waals surface area contributed by atoms with Crippen LogP contribution < -0.4 is 4.90 Å². The van der Waals surface area contributed by atoms with Gasteiger partial charge in [-0.25, -0.2) is 0 Å². The van der Waals surface area contributed by atoms with Gasteiger partial charge in [0.05, 0.1) is 6.61 Å². The summed E-state index contributed by atoms with van der Waals surface area (Å²) in [6, 6.07) is 6.45. The summed E-state index contributed by atoms with van der Waals surface area (Å²) in [5.41, 5.74) is 1.97. The molecule has 1 saturated heterocycles. The predicted octanol–water partition coefficient (Wildman–Crippen LogP) is 3.46. The van der Waals surface area contributed by atoms with Crippen LogP contribution in [0.15, 0.2) is 18.2 Å². The molecule has 0 bridgehead atoms. The Morgan fingerprint density at radius 2 is 2.24 bits per heavy atom. The van der Waals surface area contributed by atoms with Gasteiger partial charge in [-0.05, 0) is 30.9 Å². The Morgan fingerprint density at radius 3 is 2.88 bits per heavy atom. The minimum absolute atomic E-state index is 0.0102. The first kappa shape index (κ1) is 12.7. The van der Waals surface area contributed by atoms with E-state index in [0.29, 0.717) is 17.0 Å². The van der Waals surface area contributed by atoms with Crippen LogP contribution in [0.4, 0.5) is 5.69 Å². The zero-order valence-corrected chi connectivity index (χ0v) is 11.2. The van der Waals surface area contributed by atoms with Crippen molar-refractivity contribution in [2.75, 3.05) is 11.4 Å². The Labute approximate surface area is 108 Å². The average Bonchev–Trinajstić information content (AvgIpc) is 2.77. The van der Waals surface area contributed by atoms with E-state index in [-0.39, 0.29) is 6.61 Å². The van der Waals surface area contributed by atoms with Gasteiger partial charge >= 0.3 is 0 Å². The number of anilines is 1. The van der Waals surface area contributed by atoms with Gasteiger partial charge in [0.15, 0.2) is 0 Å². The van der Waals surface area contributed by atoms with Crippen LogP contribution in [0, 0.1) is 5.92 Å². The van der Waals surface area contributed by atoms with Crippen molar-refractivity contribution < 1.29 is 5.11 Å². The van der Waals surface area contributed by atoms with E-state index in [0.717, 1.165) is 17.8 Å². The summed E-state index contributed by atoms with van der Waals surface area (Å²) in [6.45, 7) is 5.59. The number of hydrogen-bond donors (Lipinski definition) is 1. The van der Waals surface area contributed by atoms with Crippen molar-refractivity contribution >= 4 is 17.3 Å². The van der Waals surface area contributed by atoms with Crippen LogP contribution in [-0.2, 0) is 6.61 Å². The second-order valence-corrected chi connectivity index (χ2v) is 5.45. The summed E-state index contributed by atoms with van der Waals surface area (Å²) in [7, 11) is 0. The summed E-state index contributed by atoms with van der Waals surface area (Å²) >= 11 is 6.15. The second kappa shape index (κ2) is 5.28. The van der Waals surface area contributed by atoms with Crippen molar-refractivity contribution in [1.29, 1.82) is 0 Å². The van der Waals surface area contributed by atoms with Gasteiger partial charge in [0.2, 0.25) is 0 Å². The zero-order chi connectivity index (χ0) is 12.4. The van der Waals surface area contributed by atoms with Crippen molar-refractivity contribution in [3.05, 3.63) is 28.8 Å². The van der Waals surface area contributed by atoms with Crippen molar-refractivity contribution in [3.8, 4) is 0 Å². The molecule has 1 heterocycles. The normalized spacial score (nSPS) is 20.3. The Morgan fingerprint density at radius 1 is 1.47 bits per heavy atom. The Hall–Kier alpha value is -0.730. The van der Waals surface area contributed by atoms with Crippen molar-refractivity contribution in [3.63, 3.8) is 0 Å². The lowest BCUT2D eigenvalue weighted by molar-refractivity contribution is 0.282. The molecule has 1 aromatic carbocycles. The molecule has 3 heteroatoms. The van der Waals surface area contributed by atoms with Gasteiger partial charge in [0, 0.05) is 28.9 Å². The molecule has 1 aliphatic rings. The molecule has 1 unspecified atom stereocenters. The Kier molecular flexibility index (Phi) is 3.95. The van der Waals surface area contributed by atoms with Gasteiger partial charge in [-0.2, -0.15) is 0 Å². The summed E-state index contributed by atoms with van der Waals surface area (Å²) in [5.74, 6) is 0.628. The molecule has 1 atom stereocenters. The third-order valence-corrected chi connectivity index (χ3v) is 3.98. The lowest BCUT2D eigenvalue weighted by atomic mass is 10.0. The molecule has 94 valence electrons. The molecular weight excluding hydrogens is 234 g/mol. The molecule has 1 N–H and O–H groups in total. The maximum Gasteiger partial charge on any atom is 0.0716 e. The van der Waals surface area contributed by atoms with Gasteiger partial charge in [-0.15, -0.1) is 0 Å². The minimum atomic E-state index is 0.0102. The van der Waals surface area contributed by atoms with E-state index in [4.69, 9.17) is 11.6 Å². The lowest BCUT2D eigenvalue weighted by Gasteiger charge is -2.31. The zero-order valence-electron chi connectivity index (χ0n) is 10.5. The SMILES string of the molecule is CC(C)C1CCCN1c1cccc(Cl)c1CO. The third kappa shape index (κ3) is 2.43. The molecule has 0 aromatic heterocycles. The fourth-order valence-corrected chi connectivity index (χ4v) is 2.99. The third-order valence-electron chi connectivity index (χ3n) is 3.63. The molecule has 1 aliphatic heterocycles. The smallest absolute Gasteiger partial charge is 0.0716 e. The van der Waals surface area contributed by atoms with Gasteiger partial charge in [-0.1, -0.05) is 31.5 Å². The molecule has 2 nitrogen and oxygen atoms in total. The molecule has 17 heavy (non-hydrogen) atoms. The number of aliphatic hydroxyl groups excluding tert-OH is 1. The maximum atomic E-state index is 9.47. The molecule has 0 radical (unpaired) electrons. The largest absolute Gasteiger partial charge is 0.392 e. The molecular formula is C14H20ClNO. The number of hydrogen-bond acceptors (Lipinski definition) is 2. The highest BCUT2D eigenvalue weighted by Crippen LogP contribution is 2.34.